The number of ether oxygens (including phenoxy) is 1. The van der Waals surface area contributed by atoms with Crippen LogP contribution in [-0.2, 0) is 0 Å². The highest BCUT2D eigenvalue weighted by molar-refractivity contribution is 6.33. The van der Waals surface area contributed by atoms with E-state index in [9.17, 15) is 0 Å². The molecule has 0 saturated heterocycles. The van der Waals surface area contributed by atoms with Crippen molar-refractivity contribution >= 4 is 29.0 Å². The van der Waals surface area contributed by atoms with Gasteiger partial charge in [-0.05, 0) is 11.6 Å². The van der Waals surface area contributed by atoms with Crippen LogP contribution in [0.3, 0.4) is 0 Å². The SMILES string of the molecule is CN1CCOc2c(Cl)nc(Cl)nc21. The van der Waals surface area contributed by atoms with E-state index in [1.54, 1.807) is 0 Å². The van der Waals surface area contributed by atoms with Gasteiger partial charge in [0.2, 0.25) is 5.28 Å². The fraction of sp³-hybridized carbons (Fsp3) is 0.429. The van der Waals surface area contributed by atoms with Gasteiger partial charge in [-0.3, -0.25) is 0 Å². The number of nitrogens with zero attached hydrogens (tertiary/aromatic N) is 3. The molecule has 0 spiro atoms. The standard InChI is InChI=1S/C7H7Cl2N3O/c1-12-2-3-13-4-5(8)10-7(9)11-6(4)12/h2-3H2,1H3. The third kappa shape index (κ3) is 1.51. The Hall–Kier alpha value is -0.740. The fourth-order valence-electron chi connectivity index (χ4n) is 1.16. The topological polar surface area (TPSA) is 38.2 Å². The van der Waals surface area contributed by atoms with Gasteiger partial charge in [0.05, 0.1) is 6.54 Å². The predicted octanol–water partition coefficient (Wildman–Crippen LogP) is 1.61. The van der Waals surface area contributed by atoms with E-state index in [1.165, 1.54) is 0 Å². The third-order valence-corrected chi connectivity index (χ3v) is 2.24. The smallest absolute Gasteiger partial charge is 0.226 e. The monoisotopic (exact) mass is 219 g/mol. The minimum absolute atomic E-state index is 0.140. The summed E-state index contributed by atoms with van der Waals surface area (Å²) in [4.78, 5) is 9.74. The van der Waals surface area contributed by atoms with E-state index in [-0.39, 0.29) is 10.4 Å². The van der Waals surface area contributed by atoms with E-state index in [4.69, 9.17) is 27.9 Å². The molecule has 0 atom stereocenters. The van der Waals surface area contributed by atoms with Gasteiger partial charge in [0.25, 0.3) is 0 Å². The van der Waals surface area contributed by atoms with Gasteiger partial charge in [-0.2, -0.15) is 4.98 Å². The highest BCUT2D eigenvalue weighted by atomic mass is 35.5. The number of aromatic nitrogens is 2. The maximum atomic E-state index is 5.83. The summed E-state index contributed by atoms with van der Waals surface area (Å²) in [5, 5.41) is 0.405. The Kier molecular flexibility index (Phi) is 2.17. The molecule has 0 amide bonds. The molecule has 1 aromatic heterocycles. The van der Waals surface area contributed by atoms with Crippen molar-refractivity contribution in [1.82, 2.24) is 9.97 Å². The summed E-state index contributed by atoms with van der Waals surface area (Å²) < 4.78 is 5.32. The van der Waals surface area contributed by atoms with Crippen LogP contribution >= 0.6 is 23.2 Å². The molecule has 0 unspecified atom stereocenters. The van der Waals surface area contributed by atoms with E-state index >= 15 is 0 Å². The number of fused-ring (bicyclic) bond motifs is 1. The lowest BCUT2D eigenvalue weighted by Gasteiger charge is -2.26. The highest BCUT2D eigenvalue weighted by Gasteiger charge is 2.21. The molecule has 0 bridgehead atoms. The van der Waals surface area contributed by atoms with E-state index in [2.05, 4.69) is 9.97 Å². The number of hydrogen-bond donors (Lipinski definition) is 0. The van der Waals surface area contributed by atoms with Gasteiger partial charge in [0.15, 0.2) is 16.7 Å². The Morgan fingerprint density at radius 2 is 2.15 bits per heavy atom. The van der Waals surface area contributed by atoms with E-state index < -0.39 is 0 Å². The summed E-state index contributed by atoms with van der Waals surface area (Å²) in [5.41, 5.74) is 0. The van der Waals surface area contributed by atoms with Crippen molar-refractivity contribution in [2.45, 2.75) is 0 Å². The zero-order valence-electron chi connectivity index (χ0n) is 6.92. The second-order valence-corrected chi connectivity index (χ2v) is 3.40. The van der Waals surface area contributed by atoms with Crippen LogP contribution in [0, 0.1) is 0 Å². The molecule has 0 saturated carbocycles. The maximum absolute atomic E-state index is 5.83. The summed E-state index contributed by atoms with van der Waals surface area (Å²) in [6, 6.07) is 0. The second kappa shape index (κ2) is 3.20. The molecule has 1 aliphatic rings. The minimum atomic E-state index is 0.140. The Labute approximate surface area is 85.4 Å². The van der Waals surface area contributed by atoms with E-state index in [0.717, 1.165) is 6.54 Å². The number of anilines is 1. The number of halogens is 2. The Morgan fingerprint density at radius 1 is 1.38 bits per heavy atom. The molecular formula is C7H7Cl2N3O. The van der Waals surface area contributed by atoms with Crippen molar-refractivity contribution in [3.63, 3.8) is 0 Å². The van der Waals surface area contributed by atoms with Gasteiger partial charge in [-0.1, -0.05) is 11.6 Å². The summed E-state index contributed by atoms with van der Waals surface area (Å²) in [6.45, 7) is 1.37. The molecule has 1 aliphatic heterocycles. The van der Waals surface area contributed by atoms with Crippen molar-refractivity contribution in [3.8, 4) is 5.75 Å². The molecule has 6 heteroatoms. The highest BCUT2D eigenvalue weighted by Crippen LogP contribution is 2.35. The van der Waals surface area contributed by atoms with Gasteiger partial charge in [0, 0.05) is 7.05 Å². The predicted molar refractivity (Wildman–Crippen MR) is 50.8 cm³/mol. The van der Waals surface area contributed by atoms with Crippen molar-refractivity contribution in [2.75, 3.05) is 25.1 Å². The van der Waals surface area contributed by atoms with Crippen molar-refractivity contribution in [3.05, 3.63) is 10.4 Å². The molecule has 1 aromatic rings. The van der Waals surface area contributed by atoms with Crippen LogP contribution in [0.15, 0.2) is 0 Å². The summed E-state index contributed by atoms with van der Waals surface area (Å²) in [6.07, 6.45) is 0. The molecule has 2 heterocycles. The van der Waals surface area contributed by atoms with Gasteiger partial charge in [-0.25, -0.2) is 4.98 Å². The van der Waals surface area contributed by atoms with E-state index in [0.29, 0.717) is 18.2 Å². The Bertz CT molecular complexity index is 345. The average molecular weight is 220 g/mol. The molecule has 4 nitrogen and oxygen atoms in total. The Morgan fingerprint density at radius 3 is 2.92 bits per heavy atom. The lowest BCUT2D eigenvalue weighted by atomic mass is 10.4. The van der Waals surface area contributed by atoms with Crippen LogP contribution in [0.2, 0.25) is 10.4 Å². The van der Waals surface area contributed by atoms with Gasteiger partial charge in [-0.15, -0.1) is 0 Å². The molecule has 0 radical (unpaired) electrons. The van der Waals surface area contributed by atoms with Crippen LogP contribution in [0.1, 0.15) is 0 Å². The van der Waals surface area contributed by atoms with Crippen LogP contribution in [-0.4, -0.2) is 30.2 Å². The zero-order valence-corrected chi connectivity index (χ0v) is 8.43. The van der Waals surface area contributed by atoms with Gasteiger partial charge in [0.1, 0.15) is 6.61 Å². The maximum Gasteiger partial charge on any atom is 0.226 e. The molecule has 13 heavy (non-hydrogen) atoms. The third-order valence-electron chi connectivity index (χ3n) is 1.81. The summed E-state index contributed by atoms with van der Waals surface area (Å²) >= 11 is 11.5. The summed E-state index contributed by atoms with van der Waals surface area (Å²) in [7, 11) is 1.90. The largest absolute Gasteiger partial charge is 0.485 e. The Balaban J connectivity index is 2.56. The van der Waals surface area contributed by atoms with Crippen LogP contribution in [0.5, 0.6) is 5.75 Å². The minimum Gasteiger partial charge on any atom is -0.485 e. The second-order valence-electron chi connectivity index (χ2n) is 2.71. The van der Waals surface area contributed by atoms with Crippen molar-refractivity contribution < 1.29 is 4.74 Å². The quantitative estimate of drug-likeness (QED) is 0.491. The lowest BCUT2D eigenvalue weighted by Crippen LogP contribution is -2.30. The molecule has 0 aliphatic carbocycles. The number of likely N-dealkylation sites (N-methyl/N-ethyl adjacent to an activating group) is 1. The normalized spacial score (nSPS) is 15.2. The molecule has 0 fully saturated rings. The van der Waals surface area contributed by atoms with Crippen LogP contribution < -0.4 is 9.64 Å². The first kappa shape index (κ1) is 8.84. The van der Waals surface area contributed by atoms with E-state index in [1.807, 2.05) is 11.9 Å². The molecule has 0 aromatic carbocycles. The fourth-order valence-corrected chi connectivity index (χ4v) is 1.59. The first-order chi connectivity index (χ1) is 6.18. The van der Waals surface area contributed by atoms with Gasteiger partial charge < -0.3 is 9.64 Å². The molecule has 0 N–H and O–H groups in total. The number of hydrogen-bond acceptors (Lipinski definition) is 4. The average Bonchev–Trinajstić information content (AvgIpc) is 2.07. The molecular weight excluding hydrogens is 213 g/mol. The zero-order chi connectivity index (χ0) is 9.42. The van der Waals surface area contributed by atoms with Crippen LogP contribution in [0.25, 0.3) is 0 Å². The first-order valence-electron chi connectivity index (χ1n) is 3.75. The van der Waals surface area contributed by atoms with Gasteiger partial charge >= 0.3 is 0 Å². The molecule has 2 rings (SSSR count). The van der Waals surface area contributed by atoms with Crippen molar-refractivity contribution in [1.29, 1.82) is 0 Å². The summed E-state index contributed by atoms with van der Waals surface area (Å²) in [5.74, 6) is 1.16. The first-order valence-corrected chi connectivity index (χ1v) is 4.51. The lowest BCUT2D eigenvalue weighted by molar-refractivity contribution is 0.307. The molecule has 70 valence electrons. The van der Waals surface area contributed by atoms with Crippen molar-refractivity contribution in [2.24, 2.45) is 0 Å². The number of rotatable bonds is 0. The van der Waals surface area contributed by atoms with Crippen LogP contribution in [0.4, 0.5) is 5.82 Å².